The van der Waals surface area contributed by atoms with Crippen LogP contribution in [0.25, 0.3) is 10.2 Å². The van der Waals surface area contributed by atoms with Crippen molar-refractivity contribution in [3.8, 4) is 0 Å². The van der Waals surface area contributed by atoms with Gasteiger partial charge in [-0.25, -0.2) is 13.8 Å². The van der Waals surface area contributed by atoms with Crippen molar-refractivity contribution in [2.24, 2.45) is 0 Å². The van der Waals surface area contributed by atoms with Gasteiger partial charge in [-0.05, 0) is 11.6 Å². The first kappa shape index (κ1) is 15.5. The maximum atomic E-state index is 13.4. The molecule has 1 aliphatic rings. The van der Waals surface area contributed by atoms with E-state index in [4.69, 9.17) is 4.74 Å². The van der Waals surface area contributed by atoms with Crippen LogP contribution in [-0.2, 0) is 11.2 Å². The highest BCUT2D eigenvalue weighted by Gasteiger charge is 2.23. The van der Waals surface area contributed by atoms with Crippen molar-refractivity contribution >= 4 is 26.7 Å². The zero-order chi connectivity index (χ0) is 16.5. The number of aromatic nitrogens is 1. The van der Waals surface area contributed by atoms with Crippen LogP contribution in [0.15, 0.2) is 42.5 Å². The van der Waals surface area contributed by atoms with E-state index in [-0.39, 0.29) is 6.10 Å². The Bertz CT molecular complexity index is 814. The largest absolute Gasteiger partial charge is 0.374 e. The molecule has 3 nitrogen and oxygen atoms in total. The molecule has 0 amide bonds. The van der Waals surface area contributed by atoms with E-state index in [0.717, 1.165) is 30.7 Å². The second-order valence-corrected chi connectivity index (χ2v) is 6.87. The van der Waals surface area contributed by atoms with Crippen LogP contribution < -0.4 is 4.90 Å². The van der Waals surface area contributed by atoms with Gasteiger partial charge in [0.25, 0.3) is 0 Å². The number of anilines is 1. The lowest BCUT2D eigenvalue weighted by Crippen LogP contribution is -2.43. The van der Waals surface area contributed by atoms with E-state index in [1.807, 2.05) is 18.2 Å². The van der Waals surface area contributed by atoms with Crippen LogP contribution in [0, 0.1) is 11.6 Å². The summed E-state index contributed by atoms with van der Waals surface area (Å²) in [5.41, 5.74) is 1.73. The number of rotatable bonds is 3. The van der Waals surface area contributed by atoms with Gasteiger partial charge in [0, 0.05) is 25.6 Å². The molecule has 2 aromatic carbocycles. The predicted octanol–water partition coefficient (Wildman–Crippen LogP) is 4.02. The third-order valence-corrected chi connectivity index (χ3v) is 5.21. The zero-order valence-corrected chi connectivity index (χ0v) is 13.7. The molecule has 1 saturated heterocycles. The lowest BCUT2D eigenvalue weighted by atomic mass is 10.1. The minimum atomic E-state index is -0.858. The summed E-state index contributed by atoms with van der Waals surface area (Å²) in [7, 11) is 0. The minimum Gasteiger partial charge on any atom is -0.374 e. The van der Waals surface area contributed by atoms with Crippen LogP contribution in [0.1, 0.15) is 5.56 Å². The van der Waals surface area contributed by atoms with E-state index >= 15 is 0 Å². The van der Waals surface area contributed by atoms with Gasteiger partial charge < -0.3 is 9.64 Å². The standard InChI is InChI=1S/C18H16F2N2OS/c19-14-9-16-17(10-15(14)20)24-18(21-16)22-6-7-23-13(11-22)8-12-4-2-1-3-5-12/h1-5,9-10,13H,6-8,11H2. The third-order valence-electron chi connectivity index (χ3n) is 4.13. The van der Waals surface area contributed by atoms with Gasteiger partial charge in [0.2, 0.25) is 0 Å². The maximum absolute atomic E-state index is 13.4. The van der Waals surface area contributed by atoms with E-state index < -0.39 is 11.6 Å². The summed E-state index contributed by atoms with van der Waals surface area (Å²) in [6.45, 7) is 2.08. The van der Waals surface area contributed by atoms with Crippen LogP contribution in [-0.4, -0.2) is 30.8 Å². The van der Waals surface area contributed by atoms with Crippen molar-refractivity contribution in [1.29, 1.82) is 0 Å². The first-order chi connectivity index (χ1) is 11.7. The van der Waals surface area contributed by atoms with Crippen molar-refractivity contribution in [3.63, 3.8) is 0 Å². The van der Waals surface area contributed by atoms with Crippen molar-refractivity contribution in [2.45, 2.75) is 12.5 Å². The van der Waals surface area contributed by atoms with Crippen molar-refractivity contribution in [2.75, 3.05) is 24.6 Å². The monoisotopic (exact) mass is 346 g/mol. The SMILES string of the molecule is Fc1cc2nc(N3CCOC(Cc4ccccc4)C3)sc2cc1F. The second kappa shape index (κ2) is 6.45. The smallest absolute Gasteiger partial charge is 0.186 e. The Labute approximate surface area is 142 Å². The lowest BCUT2D eigenvalue weighted by molar-refractivity contribution is 0.0411. The summed E-state index contributed by atoms with van der Waals surface area (Å²) >= 11 is 1.39. The molecule has 1 unspecified atom stereocenters. The molecule has 4 rings (SSSR count). The first-order valence-corrected chi connectivity index (χ1v) is 8.67. The first-order valence-electron chi connectivity index (χ1n) is 7.85. The minimum absolute atomic E-state index is 0.0848. The van der Waals surface area contributed by atoms with Crippen molar-refractivity contribution in [1.82, 2.24) is 4.98 Å². The predicted molar refractivity (Wildman–Crippen MR) is 91.6 cm³/mol. The maximum Gasteiger partial charge on any atom is 0.186 e. The van der Waals surface area contributed by atoms with Gasteiger partial charge in [0.15, 0.2) is 16.8 Å². The van der Waals surface area contributed by atoms with E-state index in [1.54, 1.807) is 0 Å². The highest BCUT2D eigenvalue weighted by atomic mass is 32.1. The Balaban J connectivity index is 1.53. The van der Waals surface area contributed by atoms with E-state index in [9.17, 15) is 8.78 Å². The molecular weight excluding hydrogens is 330 g/mol. The van der Waals surface area contributed by atoms with Crippen LogP contribution in [0.3, 0.4) is 0 Å². The van der Waals surface area contributed by atoms with Crippen molar-refractivity contribution < 1.29 is 13.5 Å². The second-order valence-electron chi connectivity index (χ2n) is 5.86. The molecule has 6 heteroatoms. The zero-order valence-electron chi connectivity index (χ0n) is 12.9. The fraction of sp³-hybridized carbons (Fsp3) is 0.278. The Morgan fingerprint density at radius 2 is 1.96 bits per heavy atom. The number of fused-ring (bicyclic) bond motifs is 1. The van der Waals surface area contributed by atoms with Crippen molar-refractivity contribution in [3.05, 3.63) is 59.7 Å². The number of halogens is 2. The molecule has 0 spiro atoms. The Hall–Kier alpha value is -2.05. The topological polar surface area (TPSA) is 25.4 Å². The third kappa shape index (κ3) is 3.12. The number of nitrogens with zero attached hydrogens (tertiary/aromatic N) is 2. The van der Waals surface area contributed by atoms with Gasteiger partial charge in [0.05, 0.1) is 22.9 Å². The Morgan fingerprint density at radius 3 is 2.79 bits per heavy atom. The highest BCUT2D eigenvalue weighted by Crippen LogP contribution is 2.31. The fourth-order valence-electron chi connectivity index (χ4n) is 2.94. The molecule has 1 aromatic heterocycles. The average Bonchev–Trinajstić information content (AvgIpc) is 2.99. The van der Waals surface area contributed by atoms with Gasteiger partial charge in [0.1, 0.15) is 0 Å². The molecule has 124 valence electrons. The molecule has 0 saturated carbocycles. The summed E-state index contributed by atoms with van der Waals surface area (Å²) < 4.78 is 33.3. The van der Waals surface area contributed by atoms with Gasteiger partial charge >= 0.3 is 0 Å². The highest BCUT2D eigenvalue weighted by molar-refractivity contribution is 7.22. The summed E-state index contributed by atoms with van der Waals surface area (Å²) in [5.74, 6) is -1.69. The molecule has 1 fully saturated rings. The fourth-order valence-corrected chi connectivity index (χ4v) is 3.95. The Morgan fingerprint density at radius 1 is 1.17 bits per heavy atom. The molecule has 2 heterocycles. The summed E-state index contributed by atoms with van der Waals surface area (Å²) in [5, 5.41) is 0.788. The number of hydrogen-bond acceptors (Lipinski definition) is 4. The van der Waals surface area contributed by atoms with Crippen LogP contribution >= 0.6 is 11.3 Å². The van der Waals surface area contributed by atoms with Crippen LogP contribution in [0.2, 0.25) is 0 Å². The number of benzene rings is 2. The quantitative estimate of drug-likeness (QED) is 0.716. The molecule has 0 bridgehead atoms. The molecule has 0 N–H and O–H groups in total. The molecule has 0 radical (unpaired) electrons. The normalized spacial score (nSPS) is 18.2. The lowest BCUT2D eigenvalue weighted by Gasteiger charge is -2.32. The molecule has 24 heavy (non-hydrogen) atoms. The molecule has 1 aliphatic heterocycles. The Kier molecular flexibility index (Phi) is 4.16. The number of hydrogen-bond donors (Lipinski definition) is 0. The van der Waals surface area contributed by atoms with Crippen LogP contribution in [0.4, 0.5) is 13.9 Å². The molecule has 1 atom stereocenters. The van der Waals surface area contributed by atoms with E-state index in [1.165, 1.54) is 23.0 Å². The summed E-state index contributed by atoms with van der Waals surface area (Å²) in [6.07, 6.45) is 0.924. The molecule has 0 aliphatic carbocycles. The van der Waals surface area contributed by atoms with Gasteiger partial charge in [-0.2, -0.15) is 0 Å². The van der Waals surface area contributed by atoms with E-state index in [0.29, 0.717) is 16.8 Å². The van der Waals surface area contributed by atoms with Gasteiger partial charge in [-0.3, -0.25) is 0 Å². The average molecular weight is 346 g/mol. The van der Waals surface area contributed by atoms with E-state index in [2.05, 4.69) is 22.0 Å². The van der Waals surface area contributed by atoms with Gasteiger partial charge in [-0.1, -0.05) is 41.7 Å². The molecule has 3 aromatic rings. The summed E-state index contributed by atoms with van der Waals surface area (Å²) in [6, 6.07) is 12.6. The number of thiazole rings is 1. The van der Waals surface area contributed by atoms with Gasteiger partial charge in [-0.15, -0.1) is 0 Å². The molecular formula is C18H16F2N2OS. The number of morpholine rings is 1. The number of ether oxygens (including phenoxy) is 1. The summed E-state index contributed by atoms with van der Waals surface area (Å²) in [4.78, 5) is 6.60. The van der Waals surface area contributed by atoms with Crippen LogP contribution in [0.5, 0.6) is 0 Å².